The quantitative estimate of drug-likeness (QED) is 0.464. The summed E-state index contributed by atoms with van der Waals surface area (Å²) in [5.41, 5.74) is 5.16. The molecule has 0 atom stereocenters. The van der Waals surface area contributed by atoms with Gasteiger partial charge in [-0.25, -0.2) is 0 Å². The molecule has 1 amide bonds. The van der Waals surface area contributed by atoms with E-state index >= 15 is 0 Å². The van der Waals surface area contributed by atoms with Crippen LogP contribution in [-0.2, 0) is 11.3 Å². The highest BCUT2D eigenvalue weighted by molar-refractivity contribution is 7.99. The molecular formula is C22H24N4OS. The lowest BCUT2D eigenvalue weighted by atomic mass is 10.1. The maximum atomic E-state index is 12.5. The van der Waals surface area contributed by atoms with Gasteiger partial charge in [0.2, 0.25) is 5.91 Å². The summed E-state index contributed by atoms with van der Waals surface area (Å²) in [6, 6.07) is 14.1. The van der Waals surface area contributed by atoms with E-state index in [0.29, 0.717) is 11.7 Å². The van der Waals surface area contributed by atoms with E-state index in [1.807, 2.05) is 73.9 Å². The fraction of sp³-hybridized carbons (Fsp3) is 0.227. The number of nitrogens with zero attached hydrogens (tertiary/aromatic N) is 3. The Bertz CT molecular complexity index is 972. The second-order valence-electron chi connectivity index (χ2n) is 6.68. The van der Waals surface area contributed by atoms with Gasteiger partial charge in [0.15, 0.2) is 11.0 Å². The van der Waals surface area contributed by atoms with Crippen LogP contribution < -0.4 is 5.32 Å². The Morgan fingerprint density at radius 1 is 1.11 bits per heavy atom. The lowest BCUT2D eigenvalue weighted by Gasteiger charge is -2.11. The zero-order valence-corrected chi connectivity index (χ0v) is 17.2. The molecule has 2 aromatic carbocycles. The Balaban J connectivity index is 1.74. The van der Waals surface area contributed by atoms with Crippen LogP contribution in [0.5, 0.6) is 0 Å². The van der Waals surface area contributed by atoms with Crippen LogP contribution in [0, 0.1) is 20.8 Å². The standard InChI is InChI=1S/C22H24N4OS/c1-5-13-26-21(18-11-9-15(2)10-12-18)24-25-22(26)28-14-19(27)23-20-16(3)7-6-8-17(20)4/h5-12H,1,13-14H2,2-4H3,(H,23,27). The average molecular weight is 393 g/mol. The molecule has 1 heterocycles. The van der Waals surface area contributed by atoms with Gasteiger partial charge in [0, 0.05) is 17.8 Å². The number of anilines is 1. The Hall–Kier alpha value is -2.86. The molecule has 5 nitrogen and oxygen atoms in total. The zero-order chi connectivity index (χ0) is 20.1. The van der Waals surface area contributed by atoms with E-state index in [9.17, 15) is 4.79 Å². The lowest BCUT2D eigenvalue weighted by molar-refractivity contribution is -0.113. The van der Waals surface area contributed by atoms with Gasteiger partial charge in [0.1, 0.15) is 0 Å². The summed E-state index contributed by atoms with van der Waals surface area (Å²) in [5.74, 6) is 0.974. The summed E-state index contributed by atoms with van der Waals surface area (Å²) >= 11 is 1.37. The molecule has 0 bridgehead atoms. The van der Waals surface area contributed by atoms with E-state index in [-0.39, 0.29) is 11.7 Å². The number of aromatic nitrogens is 3. The Labute approximate surface area is 169 Å². The largest absolute Gasteiger partial charge is 0.325 e. The molecule has 0 fully saturated rings. The topological polar surface area (TPSA) is 59.8 Å². The van der Waals surface area contributed by atoms with Crippen molar-refractivity contribution in [3.63, 3.8) is 0 Å². The van der Waals surface area contributed by atoms with E-state index in [1.165, 1.54) is 17.3 Å². The Morgan fingerprint density at radius 2 is 1.79 bits per heavy atom. The van der Waals surface area contributed by atoms with Gasteiger partial charge in [-0.1, -0.05) is 65.9 Å². The molecule has 0 aliphatic rings. The van der Waals surface area contributed by atoms with Crippen molar-refractivity contribution in [3.8, 4) is 11.4 Å². The van der Waals surface area contributed by atoms with Crippen molar-refractivity contribution in [1.29, 1.82) is 0 Å². The van der Waals surface area contributed by atoms with Crippen LogP contribution in [0.1, 0.15) is 16.7 Å². The summed E-state index contributed by atoms with van der Waals surface area (Å²) in [6.45, 7) is 10.4. The predicted molar refractivity (Wildman–Crippen MR) is 116 cm³/mol. The van der Waals surface area contributed by atoms with Crippen molar-refractivity contribution in [3.05, 3.63) is 71.8 Å². The second-order valence-corrected chi connectivity index (χ2v) is 7.62. The first kappa shape index (κ1) is 19.9. The first-order chi connectivity index (χ1) is 13.5. The summed E-state index contributed by atoms with van der Waals surface area (Å²) < 4.78 is 1.98. The molecule has 0 unspecified atom stereocenters. The van der Waals surface area contributed by atoms with Crippen LogP contribution >= 0.6 is 11.8 Å². The number of rotatable bonds is 7. The number of carbonyl (C=O) groups is 1. The van der Waals surface area contributed by atoms with Crippen molar-refractivity contribution in [2.24, 2.45) is 0 Å². The van der Waals surface area contributed by atoms with Gasteiger partial charge < -0.3 is 5.32 Å². The van der Waals surface area contributed by atoms with Gasteiger partial charge in [-0.2, -0.15) is 0 Å². The zero-order valence-electron chi connectivity index (χ0n) is 16.4. The first-order valence-electron chi connectivity index (χ1n) is 9.09. The monoisotopic (exact) mass is 392 g/mol. The van der Waals surface area contributed by atoms with Crippen molar-refractivity contribution in [1.82, 2.24) is 14.8 Å². The van der Waals surface area contributed by atoms with Gasteiger partial charge in [-0.05, 0) is 31.9 Å². The summed E-state index contributed by atoms with van der Waals surface area (Å²) in [4.78, 5) is 12.5. The minimum atomic E-state index is -0.0626. The van der Waals surface area contributed by atoms with Crippen molar-refractivity contribution in [2.75, 3.05) is 11.1 Å². The predicted octanol–water partition coefficient (Wildman–Crippen LogP) is 4.79. The number of benzene rings is 2. The SMILES string of the molecule is C=CCn1c(SCC(=O)Nc2c(C)cccc2C)nnc1-c1ccc(C)cc1. The number of hydrogen-bond donors (Lipinski definition) is 1. The molecule has 3 rings (SSSR count). The van der Waals surface area contributed by atoms with Crippen LogP contribution in [0.25, 0.3) is 11.4 Å². The molecule has 0 spiro atoms. The minimum Gasteiger partial charge on any atom is -0.325 e. The van der Waals surface area contributed by atoms with Crippen LogP contribution in [0.3, 0.4) is 0 Å². The van der Waals surface area contributed by atoms with Crippen molar-refractivity contribution in [2.45, 2.75) is 32.5 Å². The molecule has 0 saturated carbocycles. The van der Waals surface area contributed by atoms with E-state index in [1.54, 1.807) is 0 Å². The van der Waals surface area contributed by atoms with Crippen LogP contribution in [0.15, 0.2) is 60.3 Å². The van der Waals surface area contributed by atoms with Gasteiger partial charge in [-0.3, -0.25) is 9.36 Å². The number of allylic oxidation sites excluding steroid dienone is 1. The van der Waals surface area contributed by atoms with E-state index in [2.05, 4.69) is 22.1 Å². The lowest BCUT2D eigenvalue weighted by Crippen LogP contribution is -2.16. The Kier molecular flexibility index (Phi) is 6.31. The average Bonchev–Trinajstić information content (AvgIpc) is 3.07. The highest BCUT2D eigenvalue weighted by Crippen LogP contribution is 2.25. The summed E-state index contributed by atoms with van der Waals surface area (Å²) in [7, 11) is 0. The number of carbonyl (C=O) groups excluding carboxylic acids is 1. The third-order valence-electron chi connectivity index (χ3n) is 4.42. The molecule has 0 aliphatic carbocycles. The molecule has 6 heteroatoms. The molecule has 28 heavy (non-hydrogen) atoms. The summed E-state index contributed by atoms with van der Waals surface area (Å²) in [5, 5.41) is 12.3. The minimum absolute atomic E-state index is 0.0626. The van der Waals surface area contributed by atoms with E-state index in [4.69, 9.17) is 0 Å². The molecule has 1 aromatic heterocycles. The molecular weight excluding hydrogens is 368 g/mol. The fourth-order valence-corrected chi connectivity index (χ4v) is 3.67. The number of nitrogens with one attached hydrogen (secondary N) is 1. The van der Waals surface area contributed by atoms with E-state index < -0.39 is 0 Å². The van der Waals surface area contributed by atoms with Crippen LogP contribution in [0.4, 0.5) is 5.69 Å². The number of hydrogen-bond acceptors (Lipinski definition) is 4. The number of para-hydroxylation sites is 1. The van der Waals surface area contributed by atoms with Crippen molar-refractivity contribution >= 4 is 23.4 Å². The maximum absolute atomic E-state index is 12.5. The normalized spacial score (nSPS) is 10.7. The number of thioether (sulfide) groups is 1. The number of amides is 1. The molecule has 0 radical (unpaired) electrons. The van der Waals surface area contributed by atoms with Gasteiger partial charge in [0.05, 0.1) is 5.75 Å². The summed E-state index contributed by atoms with van der Waals surface area (Å²) in [6.07, 6.45) is 1.81. The Morgan fingerprint density at radius 3 is 2.43 bits per heavy atom. The van der Waals surface area contributed by atoms with Gasteiger partial charge in [-0.15, -0.1) is 16.8 Å². The second kappa shape index (κ2) is 8.89. The molecule has 0 aliphatic heterocycles. The van der Waals surface area contributed by atoms with E-state index in [0.717, 1.165) is 28.2 Å². The molecule has 1 N–H and O–H groups in total. The van der Waals surface area contributed by atoms with Crippen LogP contribution in [-0.4, -0.2) is 26.4 Å². The third kappa shape index (κ3) is 4.51. The first-order valence-corrected chi connectivity index (χ1v) is 10.1. The third-order valence-corrected chi connectivity index (χ3v) is 5.38. The number of aryl methyl sites for hydroxylation is 3. The molecule has 0 saturated heterocycles. The maximum Gasteiger partial charge on any atom is 0.234 e. The van der Waals surface area contributed by atoms with Gasteiger partial charge >= 0.3 is 0 Å². The van der Waals surface area contributed by atoms with Crippen LogP contribution in [0.2, 0.25) is 0 Å². The fourth-order valence-electron chi connectivity index (χ4n) is 2.92. The highest BCUT2D eigenvalue weighted by atomic mass is 32.2. The highest BCUT2D eigenvalue weighted by Gasteiger charge is 2.15. The molecule has 3 aromatic rings. The van der Waals surface area contributed by atoms with Crippen molar-refractivity contribution < 1.29 is 4.79 Å². The smallest absolute Gasteiger partial charge is 0.234 e. The molecule has 144 valence electrons. The van der Waals surface area contributed by atoms with Gasteiger partial charge in [0.25, 0.3) is 0 Å².